The first kappa shape index (κ1) is 18.0. The van der Waals surface area contributed by atoms with Gasteiger partial charge in [-0.3, -0.25) is 9.59 Å². The Morgan fingerprint density at radius 2 is 1.92 bits per heavy atom. The number of carbonyl (C=O) groups excluding carboxylic acids is 2. The maximum atomic E-state index is 12.3. The van der Waals surface area contributed by atoms with Crippen molar-refractivity contribution in [2.45, 2.75) is 30.7 Å². The number of benzene rings is 1. The monoisotopic (exact) mass is 343 g/mol. The molecule has 0 aliphatic heterocycles. The summed E-state index contributed by atoms with van der Waals surface area (Å²) in [6.07, 6.45) is 1.66. The number of rotatable bonds is 6. The molecule has 0 bridgehead atoms. The van der Waals surface area contributed by atoms with Crippen LogP contribution in [0.15, 0.2) is 46.5 Å². The Bertz CT molecular complexity index is 747. The molecule has 0 saturated carbocycles. The summed E-state index contributed by atoms with van der Waals surface area (Å²) in [5.41, 5.74) is 2.88. The van der Waals surface area contributed by atoms with E-state index in [1.807, 2.05) is 13.0 Å². The molecule has 2 aromatic rings. The zero-order valence-electron chi connectivity index (χ0n) is 14.1. The zero-order valence-corrected chi connectivity index (χ0v) is 14.9. The first-order chi connectivity index (χ1) is 11.5. The molecular weight excluding hydrogens is 322 g/mol. The van der Waals surface area contributed by atoms with Crippen LogP contribution in [-0.2, 0) is 4.79 Å². The predicted octanol–water partition coefficient (Wildman–Crippen LogP) is 2.72. The molecule has 1 aromatic carbocycles. The van der Waals surface area contributed by atoms with Crippen LogP contribution in [0.4, 0.5) is 0 Å². The Kier molecular flexibility index (Phi) is 6.37. The lowest BCUT2D eigenvalue weighted by molar-refractivity contribution is -0.120. The van der Waals surface area contributed by atoms with Gasteiger partial charge in [0.15, 0.2) is 0 Å². The zero-order chi connectivity index (χ0) is 17.5. The first-order valence-corrected chi connectivity index (χ1v) is 8.58. The molecule has 0 radical (unpaired) electrons. The fraction of sp³-hybridized carbons (Fsp3) is 0.278. The van der Waals surface area contributed by atoms with Gasteiger partial charge in [-0.1, -0.05) is 17.8 Å². The molecule has 6 heteroatoms. The first-order valence-electron chi connectivity index (χ1n) is 7.76. The fourth-order valence-corrected chi connectivity index (χ4v) is 3.03. The van der Waals surface area contributed by atoms with E-state index >= 15 is 0 Å². The minimum Gasteiger partial charge on any atom is -0.355 e. The summed E-state index contributed by atoms with van der Waals surface area (Å²) < 4.78 is 0. The smallest absolute Gasteiger partial charge is 0.254 e. The second-order valence-electron chi connectivity index (χ2n) is 5.34. The Labute approximate surface area is 146 Å². The molecule has 0 aliphatic carbocycles. The minimum absolute atomic E-state index is 0.0463. The molecule has 0 spiro atoms. The number of amides is 2. The number of carbonyl (C=O) groups is 2. The van der Waals surface area contributed by atoms with Crippen molar-refractivity contribution in [1.82, 2.24) is 15.6 Å². The van der Waals surface area contributed by atoms with Crippen molar-refractivity contribution in [1.29, 1.82) is 0 Å². The SMILES string of the molecule is CCNC(=O)CNC(=O)c1cccnc1Sc1ccc(C)c(C)c1. The number of nitrogens with one attached hydrogen (secondary N) is 2. The van der Waals surface area contributed by atoms with Crippen molar-refractivity contribution >= 4 is 23.6 Å². The van der Waals surface area contributed by atoms with Crippen molar-refractivity contribution in [2.75, 3.05) is 13.1 Å². The van der Waals surface area contributed by atoms with Crippen molar-refractivity contribution in [3.63, 3.8) is 0 Å². The van der Waals surface area contributed by atoms with E-state index in [-0.39, 0.29) is 18.4 Å². The van der Waals surface area contributed by atoms with E-state index < -0.39 is 0 Å². The van der Waals surface area contributed by atoms with Crippen LogP contribution < -0.4 is 10.6 Å². The van der Waals surface area contributed by atoms with Crippen LogP contribution in [0.1, 0.15) is 28.4 Å². The van der Waals surface area contributed by atoms with Gasteiger partial charge in [0.2, 0.25) is 5.91 Å². The molecule has 0 saturated heterocycles. The second-order valence-corrected chi connectivity index (χ2v) is 6.40. The summed E-state index contributed by atoms with van der Waals surface area (Å²) in [6.45, 7) is 6.44. The molecule has 24 heavy (non-hydrogen) atoms. The van der Waals surface area contributed by atoms with Crippen LogP contribution in [0, 0.1) is 13.8 Å². The molecule has 2 N–H and O–H groups in total. The van der Waals surface area contributed by atoms with Gasteiger partial charge in [0.1, 0.15) is 5.03 Å². The molecule has 2 amide bonds. The highest BCUT2D eigenvalue weighted by Crippen LogP contribution is 2.29. The molecule has 5 nitrogen and oxygen atoms in total. The summed E-state index contributed by atoms with van der Waals surface area (Å²) in [5.74, 6) is -0.515. The van der Waals surface area contributed by atoms with Crippen molar-refractivity contribution in [2.24, 2.45) is 0 Å². The largest absolute Gasteiger partial charge is 0.355 e. The fourth-order valence-electron chi connectivity index (χ4n) is 2.05. The van der Waals surface area contributed by atoms with Gasteiger partial charge >= 0.3 is 0 Å². The number of nitrogens with zero attached hydrogens (tertiary/aromatic N) is 1. The van der Waals surface area contributed by atoms with Crippen LogP contribution in [0.25, 0.3) is 0 Å². The van der Waals surface area contributed by atoms with Gasteiger partial charge < -0.3 is 10.6 Å². The van der Waals surface area contributed by atoms with Crippen molar-refractivity contribution < 1.29 is 9.59 Å². The molecule has 0 unspecified atom stereocenters. The summed E-state index contributed by atoms with van der Waals surface area (Å²) >= 11 is 1.44. The number of aryl methyl sites for hydroxylation is 2. The summed E-state index contributed by atoms with van der Waals surface area (Å²) in [4.78, 5) is 29.2. The predicted molar refractivity (Wildman–Crippen MR) is 95.3 cm³/mol. The van der Waals surface area contributed by atoms with Crippen LogP contribution >= 0.6 is 11.8 Å². The maximum absolute atomic E-state index is 12.3. The van der Waals surface area contributed by atoms with Gasteiger partial charge in [-0.2, -0.15) is 0 Å². The second kappa shape index (κ2) is 8.49. The Morgan fingerprint density at radius 3 is 2.62 bits per heavy atom. The lowest BCUT2D eigenvalue weighted by Crippen LogP contribution is -2.36. The van der Waals surface area contributed by atoms with Crippen LogP contribution in [-0.4, -0.2) is 29.9 Å². The van der Waals surface area contributed by atoms with E-state index in [4.69, 9.17) is 0 Å². The van der Waals surface area contributed by atoms with Crippen molar-refractivity contribution in [3.8, 4) is 0 Å². The lowest BCUT2D eigenvalue weighted by atomic mass is 10.1. The topological polar surface area (TPSA) is 71.1 Å². The standard InChI is InChI=1S/C18H21N3O2S/c1-4-19-16(22)11-21-17(23)15-6-5-9-20-18(15)24-14-8-7-12(2)13(3)10-14/h5-10H,4,11H2,1-3H3,(H,19,22)(H,21,23). The van der Waals surface area contributed by atoms with Crippen LogP contribution in [0.2, 0.25) is 0 Å². The summed E-state index contributed by atoms with van der Waals surface area (Å²) in [5, 5.41) is 5.89. The van der Waals surface area contributed by atoms with Crippen LogP contribution in [0.3, 0.4) is 0 Å². The number of hydrogen-bond donors (Lipinski definition) is 2. The third-order valence-electron chi connectivity index (χ3n) is 3.49. The highest BCUT2D eigenvalue weighted by Gasteiger charge is 2.14. The highest BCUT2D eigenvalue weighted by molar-refractivity contribution is 7.99. The number of hydrogen-bond acceptors (Lipinski definition) is 4. The number of pyridine rings is 1. The lowest BCUT2D eigenvalue weighted by Gasteiger charge is -2.10. The summed E-state index contributed by atoms with van der Waals surface area (Å²) in [7, 11) is 0. The molecule has 0 atom stereocenters. The Hall–Kier alpha value is -2.34. The molecular formula is C18H21N3O2S. The van der Waals surface area contributed by atoms with E-state index in [9.17, 15) is 9.59 Å². The van der Waals surface area contributed by atoms with Gasteiger partial charge in [0.05, 0.1) is 12.1 Å². The molecule has 0 fully saturated rings. The molecule has 2 rings (SSSR count). The van der Waals surface area contributed by atoms with Gasteiger partial charge in [-0.15, -0.1) is 0 Å². The number of likely N-dealkylation sites (N-methyl/N-ethyl adjacent to an activating group) is 1. The molecule has 1 aromatic heterocycles. The Balaban J connectivity index is 2.13. The van der Waals surface area contributed by atoms with Gasteiger partial charge in [0.25, 0.3) is 5.91 Å². The average Bonchev–Trinajstić information content (AvgIpc) is 2.57. The van der Waals surface area contributed by atoms with Crippen molar-refractivity contribution in [3.05, 3.63) is 53.2 Å². The number of aromatic nitrogens is 1. The molecule has 126 valence electrons. The Morgan fingerprint density at radius 1 is 1.12 bits per heavy atom. The van der Waals surface area contributed by atoms with Gasteiger partial charge in [-0.25, -0.2) is 4.98 Å². The van der Waals surface area contributed by atoms with E-state index in [0.29, 0.717) is 17.1 Å². The highest BCUT2D eigenvalue weighted by atomic mass is 32.2. The van der Waals surface area contributed by atoms with Gasteiger partial charge in [0, 0.05) is 17.6 Å². The summed E-state index contributed by atoms with van der Waals surface area (Å²) in [6, 6.07) is 9.56. The van der Waals surface area contributed by atoms with Crippen LogP contribution in [0.5, 0.6) is 0 Å². The van der Waals surface area contributed by atoms with Gasteiger partial charge in [-0.05, 0) is 56.2 Å². The van der Waals surface area contributed by atoms with E-state index in [0.717, 1.165) is 4.90 Å². The molecule has 0 aliphatic rings. The third-order valence-corrected chi connectivity index (χ3v) is 4.50. The maximum Gasteiger partial charge on any atom is 0.254 e. The third kappa shape index (κ3) is 4.83. The van der Waals surface area contributed by atoms with E-state index in [1.54, 1.807) is 18.3 Å². The van der Waals surface area contributed by atoms with E-state index in [2.05, 4.69) is 41.6 Å². The quantitative estimate of drug-likeness (QED) is 0.846. The average molecular weight is 343 g/mol. The van der Waals surface area contributed by atoms with E-state index in [1.165, 1.54) is 22.9 Å². The minimum atomic E-state index is -0.305. The molecule has 1 heterocycles. The normalized spacial score (nSPS) is 10.3.